The fourth-order valence-corrected chi connectivity index (χ4v) is 4.08. The van der Waals surface area contributed by atoms with Gasteiger partial charge in [-0.05, 0) is 24.3 Å². The highest BCUT2D eigenvalue weighted by atomic mass is 35.5. The number of hydrogen-bond donors (Lipinski definition) is 0. The van der Waals surface area contributed by atoms with Crippen molar-refractivity contribution in [1.82, 2.24) is 0 Å². The van der Waals surface area contributed by atoms with Gasteiger partial charge in [0, 0.05) is 18.2 Å². The van der Waals surface area contributed by atoms with Gasteiger partial charge in [-0.25, -0.2) is 8.42 Å². The van der Waals surface area contributed by atoms with E-state index < -0.39 is 15.8 Å². The van der Waals surface area contributed by atoms with E-state index in [0.29, 0.717) is 11.3 Å². The second-order valence-corrected chi connectivity index (χ2v) is 7.33. The van der Waals surface area contributed by atoms with Crippen LogP contribution in [-0.4, -0.2) is 21.2 Å². The zero-order valence-electron chi connectivity index (χ0n) is 10.8. The molecular weight excluding hydrogens is 333 g/mol. The molecule has 0 saturated heterocycles. The first-order valence-electron chi connectivity index (χ1n) is 5.95. The van der Waals surface area contributed by atoms with Gasteiger partial charge in [0.25, 0.3) is 10.0 Å². The van der Waals surface area contributed by atoms with Crippen LogP contribution in [0.5, 0.6) is 0 Å². The summed E-state index contributed by atoms with van der Waals surface area (Å²) in [5, 5.41) is 0.229. The van der Waals surface area contributed by atoms with E-state index in [4.69, 9.17) is 23.2 Å². The number of fused-ring (bicyclic) bond motifs is 2. The molecule has 108 valence electrons. The first-order valence-corrected chi connectivity index (χ1v) is 8.15. The van der Waals surface area contributed by atoms with Crippen molar-refractivity contribution >= 4 is 44.7 Å². The second kappa shape index (κ2) is 4.73. The van der Waals surface area contributed by atoms with Crippen LogP contribution >= 0.6 is 23.2 Å². The standard InChI is InChI=1S/C14H9Cl2NO3S/c1-17-12-5-3-2-4-8(12)14(18)9-6-10(15)11(16)7-13(9)21(17,19)20/h2-7H,1H3. The van der Waals surface area contributed by atoms with Crippen LogP contribution in [0.1, 0.15) is 15.9 Å². The topological polar surface area (TPSA) is 54.5 Å². The highest BCUT2D eigenvalue weighted by molar-refractivity contribution is 7.93. The molecule has 0 aromatic heterocycles. The third kappa shape index (κ3) is 2.04. The molecule has 2 aromatic carbocycles. The number of para-hydroxylation sites is 1. The fourth-order valence-electron chi connectivity index (χ4n) is 2.28. The number of benzene rings is 2. The largest absolute Gasteiger partial charge is 0.288 e. The maximum Gasteiger partial charge on any atom is 0.264 e. The van der Waals surface area contributed by atoms with E-state index >= 15 is 0 Å². The summed E-state index contributed by atoms with van der Waals surface area (Å²) >= 11 is 11.8. The van der Waals surface area contributed by atoms with Gasteiger partial charge in [0.05, 0.1) is 15.7 Å². The molecule has 21 heavy (non-hydrogen) atoms. The molecule has 0 amide bonds. The maximum atomic E-state index is 12.7. The Bertz CT molecular complexity index is 878. The Morgan fingerprint density at radius 1 is 1.00 bits per heavy atom. The summed E-state index contributed by atoms with van der Waals surface area (Å²) in [4.78, 5) is 12.5. The smallest absolute Gasteiger partial charge is 0.264 e. The number of ketones is 1. The molecule has 2 aromatic rings. The van der Waals surface area contributed by atoms with Gasteiger partial charge in [-0.15, -0.1) is 0 Å². The zero-order chi connectivity index (χ0) is 15.4. The average molecular weight is 342 g/mol. The SMILES string of the molecule is CN1c2ccccc2C(=O)c2cc(Cl)c(Cl)cc2S1(=O)=O. The van der Waals surface area contributed by atoms with Crippen molar-refractivity contribution in [2.75, 3.05) is 11.4 Å². The van der Waals surface area contributed by atoms with Gasteiger partial charge in [0.2, 0.25) is 0 Å². The number of halogens is 2. The van der Waals surface area contributed by atoms with Crippen LogP contribution in [0.15, 0.2) is 41.3 Å². The van der Waals surface area contributed by atoms with Gasteiger partial charge in [-0.2, -0.15) is 0 Å². The van der Waals surface area contributed by atoms with Gasteiger partial charge in [-0.1, -0.05) is 35.3 Å². The lowest BCUT2D eigenvalue weighted by Crippen LogP contribution is -2.26. The van der Waals surface area contributed by atoms with Crippen molar-refractivity contribution in [3.63, 3.8) is 0 Å². The summed E-state index contributed by atoms with van der Waals surface area (Å²) in [6.07, 6.45) is 0. The lowest BCUT2D eigenvalue weighted by molar-refractivity contribution is 0.103. The normalized spacial score (nSPS) is 16.1. The minimum atomic E-state index is -3.87. The van der Waals surface area contributed by atoms with E-state index in [-0.39, 0.29) is 20.5 Å². The molecule has 0 unspecified atom stereocenters. The molecule has 1 aliphatic rings. The fraction of sp³-hybridized carbons (Fsp3) is 0.0714. The molecule has 1 heterocycles. The van der Waals surface area contributed by atoms with Crippen molar-refractivity contribution in [2.24, 2.45) is 0 Å². The number of hydrogen-bond acceptors (Lipinski definition) is 3. The molecule has 0 bridgehead atoms. The molecule has 3 rings (SSSR count). The summed E-state index contributed by atoms with van der Waals surface area (Å²) in [5.74, 6) is -0.396. The van der Waals surface area contributed by atoms with E-state index in [1.807, 2.05) is 0 Å². The second-order valence-electron chi connectivity index (χ2n) is 4.58. The van der Waals surface area contributed by atoms with Gasteiger partial charge in [0.15, 0.2) is 5.78 Å². The van der Waals surface area contributed by atoms with Crippen LogP contribution in [0.3, 0.4) is 0 Å². The van der Waals surface area contributed by atoms with Crippen LogP contribution < -0.4 is 4.31 Å². The monoisotopic (exact) mass is 341 g/mol. The van der Waals surface area contributed by atoms with Crippen molar-refractivity contribution in [3.8, 4) is 0 Å². The Kier molecular flexibility index (Phi) is 3.24. The Hall–Kier alpha value is -1.56. The number of rotatable bonds is 0. The van der Waals surface area contributed by atoms with E-state index in [2.05, 4.69) is 0 Å². The average Bonchev–Trinajstić information content (AvgIpc) is 2.52. The molecular formula is C14H9Cl2NO3S. The first kappa shape index (κ1) is 14.4. The van der Waals surface area contributed by atoms with Crippen molar-refractivity contribution in [1.29, 1.82) is 0 Å². The molecule has 0 fully saturated rings. The molecule has 0 atom stereocenters. The Morgan fingerprint density at radius 2 is 1.62 bits per heavy atom. The molecule has 0 saturated carbocycles. The van der Waals surface area contributed by atoms with Crippen LogP contribution in [0.4, 0.5) is 5.69 Å². The van der Waals surface area contributed by atoms with Gasteiger partial charge < -0.3 is 0 Å². The summed E-state index contributed by atoms with van der Waals surface area (Å²) in [5.41, 5.74) is 0.660. The Labute approximate surface area is 132 Å². The summed E-state index contributed by atoms with van der Waals surface area (Å²) in [6.45, 7) is 0. The number of anilines is 1. The van der Waals surface area contributed by atoms with Crippen LogP contribution in [0, 0.1) is 0 Å². The van der Waals surface area contributed by atoms with Gasteiger partial charge >= 0.3 is 0 Å². The maximum absolute atomic E-state index is 12.7. The molecule has 0 N–H and O–H groups in total. The minimum absolute atomic E-state index is 0.0289. The number of sulfonamides is 1. The van der Waals surface area contributed by atoms with Gasteiger partial charge in [-0.3, -0.25) is 9.10 Å². The van der Waals surface area contributed by atoms with Crippen molar-refractivity contribution < 1.29 is 13.2 Å². The molecule has 7 heteroatoms. The summed E-state index contributed by atoms with van der Waals surface area (Å²) in [7, 11) is -2.47. The predicted molar refractivity (Wildman–Crippen MR) is 81.9 cm³/mol. The molecule has 4 nitrogen and oxygen atoms in total. The molecule has 0 spiro atoms. The first-order chi connectivity index (χ1) is 9.84. The quantitative estimate of drug-likeness (QED) is 0.738. The Balaban J connectivity index is 2.46. The third-order valence-corrected chi connectivity index (χ3v) is 5.93. The molecule has 0 aliphatic carbocycles. The van der Waals surface area contributed by atoms with Crippen molar-refractivity contribution in [3.05, 3.63) is 57.6 Å². The number of nitrogens with zero attached hydrogens (tertiary/aromatic N) is 1. The van der Waals surface area contributed by atoms with E-state index in [1.54, 1.807) is 24.3 Å². The minimum Gasteiger partial charge on any atom is -0.288 e. The highest BCUT2D eigenvalue weighted by Gasteiger charge is 2.34. The van der Waals surface area contributed by atoms with Gasteiger partial charge in [0.1, 0.15) is 4.90 Å². The van der Waals surface area contributed by atoms with E-state index in [1.165, 1.54) is 19.2 Å². The number of carbonyl (C=O) groups is 1. The predicted octanol–water partition coefficient (Wildman–Crippen LogP) is 3.36. The highest BCUT2D eigenvalue weighted by Crippen LogP contribution is 2.37. The zero-order valence-corrected chi connectivity index (χ0v) is 13.1. The molecule has 0 radical (unpaired) electrons. The third-order valence-electron chi connectivity index (χ3n) is 3.39. The van der Waals surface area contributed by atoms with Crippen LogP contribution in [-0.2, 0) is 10.0 Å². The van der Waals surface area contributed by atoms with E-state index in [0.717, 1.165) is 4.31 Å². The summed E-state index contributed by atoms with van der Waals surface area (Å²) in [6, 6.07) is 9.04. The van der Waals surface area contributed by atoms with Crippen LogP contribution in [0.25, 0.3) is 0 Å². The lowest BCUT2D eigenvalue weighted by Gasteiger charge is -2.19. The molecule has 1 aliphatic heterocycles. The van der Waals surface area contributed by atoms with Crippen molar-refractivity contribution in [2.45, 2.75) is 4.90 Å². The summed E-state index contributed by atoms with van der Waals surface area (Å²) < 4.78 is 26.4. The Morgan fingerprint density at radius 3 is 2.33 bits per heavy atom. The van der Waals surface area contributed by atoms with Crippen LogP contribution in [0.2, 0.25) is 10.0 Å². The van der Waals surface area contributed by atoms with E-state index in [9.17, 15) is 13.2 Å². The lowest BCUT2D eigenvalue weighted by atomic mass is 10.0. The number of carbonyl (C=O) groups excluding carboxylic acids is 1.